The summed E-state index contributed by atoms with van der Waals surface area (Å²) in [5.74, 6) is 0. The van der Waals surface area contributed by atoms with E-state index in [1.807, 2.05) is 4.90 Å². The molecule has 1 fully saturated rings. The largest absolute Gasteiger partial charge is 0.290 e. The molecule has 0 bridgehead atoms. The number of pyridine rings is 1. The van der Waals surface area contributed by atoms with Crippen molar-refractivity contribution in [3.8, 4) is 12.1 Å². The fourth-order valence-electron chi connectivity index (χ4n) is 2.28. The van der Waals surface area contributed by atoms with Gasteiger partial charge in [-0.25, -0.2) is 18.1 Å². The standard InChI is InChI=1S/C13H15N5O2S/c14-5-9-18-7-3-11(4-8-18)17-21(19,20)13-2-1-6-16-12(13)10-15/h1-2,6,11,17H,3-4,7-9H2. The topological polar surface area (TPSA) is 110 Å². The van der Waals surface area contributed by atoms with Gasteiger partial charge in [0, 0.05) is 25.3 Å². The van der Waals surface area contributed by atoms with E-state index >= 15 is 0 Å². The SMILES string of the molecule is N#CCN1CCC(NS(=O)(=O)c2cccnc2C#N)CC1. The molecule has 0 atom stereocenters. The van der Waals surface area contributed by atoms with E-state index in [2.05, 4.69) is 15.8 Å². The van der Waals surface area contributed by atoms with Gasteiger partial charge in [-0.1, -0.05) is 0 Å². The van der Waals surface area contributed by atoms with Crippen LogP contribution in [0.2, 0.25) is 0 Å². The maximum atomic E-state index is 12.3. The van der Waals surface area contributed by atoms with E-state index in [9.17, 15) is 8.42 Å². The molecule has 8 heteroatoms. The van der Waals surface area contributed by atoms with Gasteiger partial charge in [-0.05, 0) is 25.0 Å². The van der Waals surface area contributed by atoms with Crippen LogP contribution in [0, 0.1) is 22.7 Å². The average Bonchev–Trinajstić information content (AvgIpc) is 2.49. The molecule has 21 heavy (non-hydrogen) atoms. The molecule has 1 N–H and O–H groups in total. The van der Waals surface area contributed by atoms with Crippen LogP contribution in [-0.4, -0.2) is 44.0 Å². The van der Waals surface area contributed by atoms with Gasteiger partial charge in [-0.3, -0.25) is 4.90 Å². The van der Waals surface area contributed by atoms with Crippen LogP contribution in [0.3, 0.4) is 0 Å². The predicted octanol–water partition coefficient (Wildman–Crippen LogP) is 0.220. The number of likely N-dealkylation sites (tertiary alicyclic amines) is 1. The zero-order valence-corrected chi connectivity index (χ0v) is 12.2. The molecule has 2 rings (SSSR count). The van der Waals surface area contributed by atoms with Gasteiger partial charge in [-0.2, -0.15) is 10.5 Å². The number of sulfonamides is 1. The van der Waals surface area contributed by atoms with Crippen LogP contribution in [0.1, 0.15) is 18.5 Å². The van der Waals surface area contributed by atoms with Crippen LogP contribution in [0.4, 0.5) is 0 Å². The molecule has 110 valence electrons. The van der Waals surface area contributed by atoms with Gasteiger partial charge in [0.05, 0.1) is 12.6 Å². The summed E-state index contributed by atoms with van der Waals surface area (Å²) in [6.07, 6.45) is 2.67. The molecule has 1 aromatic heterocycles. The number of nitrogens with zero attached hydrogens (tertiary/aromatic N) is 4. The van der Waals surface area contributed by atoms with Crippen LogP contribution in [0.15, 0.2) is 23.2 Å². The summed E-state index contributed by atoms with van der Waals surface area (Å²) in [6, 6.07) is 6.55. The summed E-state index contributed by atoms with van der Waals surface area (Å²) < 4.78 is 27.3. The lowest BCUT2D eigenvalue weighted by Gasteiger charge is -2.30. The second kappa shape index (κ2) is 6.64. The van der Waals surface area contributed by atoms with Gasteiger partial charge < -0.3 is 0 Å². The first-order chi connectivity index (χ1) is 10.1. The molecule has 7 nitrogen and oxygen atoms in total. The minimum absolute atomic E-state index is 0.0908. The van der Waals surface area contributed by atoms with Crippen molar-refractivity contribution in [1.82, 2.24) is 14.6 Å². The highest BCUT2D eigenvalue weighted by molar-refractivity contribution is 7.89. The van der Waals surface area contributed by atoms with Crippen molar-refractivity contribution < 1.29 is 8.42 Å². The molecule has 1 aliphatic heterocycles. The molecule has 0 aromatic carbocycles. The van der Waals surface area contributed by atoms with Crippen LogP contribution in [0.5, 0.6) is 0 Å². The molecule has 0 radical (unpaired) electrons. The normalized spacial score (nSPS) is 17.0. The van der Waals surface area contributed by atoms with E-state index < -0.39 is 10.0 Å². The molecule has 0 amide bonds. The third-order valence-electron chi connectivity index (χ3n) is 3.37. The molecular formula is C13H15N5O2S. The Labute approximate surface area is 123 Å². The lowest BCUT2D eigenvalue weighted by Crippen LogP contribution is -2.44. The highest BCUT2D eigenvalue weighted by atomic mass is 32.2. The monoisotopic (exact) mass is 305 g/mol. The first kappa shape index (κ1) is 15.4. The van der Waals surface area contributed by atoms with E-state index in [0.717, 1.165) is 0 Å². The Balaban J connectivity index is 2.06. The lowest BCUT2D eigenvalue weighted by molar-refractivity contribution is 0.229. The van der Waals surface area contributed by atoms with E-state index in [0.29, 0.717) is 32.5 Å². The van der Waals surface area contributed by atoms with Gasteiger partial charge in [0.25, 0.3) is 0 Å². The van der Waals surface area contributed by atoms with Gasteiger partial charge in [0.2, 0.25) is 10.0 Å². The summed E-state index contributed by atoms with van der Waals surface area (Å²) in [5, 5.41) is 17.6. The Bertz CT molecular complexity index is 681. The molecule has 0 spiro atoms. The molecule has 0 aliphatic carbocycles. The van der Waals surface area contributed by atoms with E-state index in [4.69, 9.17) is 10.5 Å². The Kier molecular flexibility index (Phi) is 4.86. The van der Waals surface area contributed by atoms with Crippen LogP contribution < -0.4 is 4.72 Å². The summed E-state index contributed by atoms with van der Waals surface area (Å²) >= 11 is 0. The second-order valence-corrected chi connectivity index (χ2v) is 6.47. The van der Waals surface area contributed by atoms with Crippen LogP contribution in [0.25, 0.3) is 0 Å². The van der Waals surface area contributed by atoms with Crippen molar-refractivity contribution in [3.63, 3.8) is 0 Å². The van der Waals surface area contributed by atoms with Crippen LogP contribution >= 0.6 is 0 Å². The molecule has 0 saturated carbocycles. The average molecular weight is 305 g/mol. The number of nitrogens with one attached hydrogen (secondary N) is 1. The van der Waals surface area contributed by atoms with Gasteiger partial charge in [0.1, 0.15) is 11.0 Å². The van der Waals surface area contributed by atoms with Crippen molar-refractivity contribution in [3.05, 3.63) is 24.0 Å². The number of hydrogen-bond donors (Lipinski definition) is 1. The first-order valence-corrected chi connectivity index (χ1v) is 8.02. The second-order valence-electron chi connectivity index (χ2n) is 4.79. The zero-order chi connectivity index (χ0) is 15.3. The highest BCUT2D eigenvalue weighted by Gasteiger charge is 2.26. The van der Waals surface area contributed by atoms with Crippen molar-refractivity contribution in [1.29, 1.82) is 10.5 Å². The molecule has 2 heterocycles. The molecule has 1 aromatic rings. The Hall–Kier alpha value is -2.00. The Morgan fingerprint density at radius 1 is 1.38 bits per heavy atom. The smallest absolute Gasteiger partial charge is 0.243 e. The minimum Gasteiger partial charge on any atom is -0.290 e. The summed E-state index contributed by atoms with van der Waals surface area (Å²) in [6.45, 7) is 1.72. The van der Waals surface area contributed by atoms with Gasteiger partial charge in [-0.15, -0.1) is 0 Å². The van der Waals surface area contributed by atoms with Crippen molar-refractivity contribution in [2.75, 3.05) is 19.6 Å². The quantitative estimate of drug-likeness (QED) is 0.797. The number of rotatable bonds is 4. The number of piperidine rings is 1. The summed E-state index contributed by atoms with van der Waals surface area (Å²) in [7, 11) is -3.75. The van der Waals surface area contributed by atoms with Gasteiger partial charge >= 0.3 is 0 Å². The molecule has 0 unspecified atom stereocenters. The molecule has 1 saturated heterocycles. The van der Waals surface area contributed by atoms with Crippen molar-refractivity contribution >= 4 is 10.0 Å². The third-order valence-corrected chi connectivity index (χ3v) is 4.92. The zero-order valence-electron chi connectivity index (χ0n) is 11.4. The third kappa shape index (κ3) is 3.76. The summed E-state index contributed by atoms with van der Waals surface area (Å²) in [4.78, 5) is 5.66. The predicted molar refractivity (Wildman–Crippen MR) is 74.3 cm³/mol. The van der Waals surface area contributed by atoms with E-state index in [1.54, 1.807) is 6.07 Å². The molecule has 1 aliphatic rings. The maximum absolute atomic E-state index is 12.3. The van der Waals surface area contributed by atoms with Crippen molar-refractivity contribution in [2.45, 2.75) is 23.8 Å². The highest BCUT2D eigenvalue weighted by Crippen LogP contribution is 2.16. The van der Waals surface area contributed by atoms with Crippen LogP contribution in [-0.2, 0) is 10.0 Å². The first-order valence-electron chi connectivity index (χ1n) is 6.53. The minimum atomic E-state index is -3.75. The maximum Gasteiger partial charge on any atom is 0.243 e. The fraction of sp³-hybridized carbons (Fsp3) is 0.462. The molecular weight excluding hydrogens is 290 g/mol. The Morgan fingerprint density at radius 2 is 2.10 bits per heavy atom. The van der Waals surface area contributed by atoms with Gasteiger partial charge in [0.15, 0.2) is 5.69 Å². The Morgan fingerprint density at radius 3 is 2.71 bits per heavy atom. The number of nitriles is 2. The fourth-order valence-corrected chi connectivity index (χ4v) is 3.70. The number of hydrogen-bond acceptors (Lipinski definition) is 6. The number of aromatic nitrogens is 1. The van der Waals surface area contributed by atoms with E-state index in [-0.39, 0.29) is 16.6 Å². The lowest BCUT2D eigenvalue weighted by atomic mass is 10.1. The van der Waals surface area contributed by atoms with Crippen molar-refractivity contribution in [2.24, 2.45) is 0 Å². The van der Waals surface area contributed by atoms with E-state index in [1.165, 1.54) is 18.3 Å². The summed E-state index contributed by atoms with van der Waals surface area (Å²) in [5.41, 5.74) is -0.105.